The molecule has 3 nitrogen and oxygen atoms in total. The van der Waals surface area contributed by atoms with Gasteiger partial charge < -0.3 is 0 Å². The Balaban J connectivity index is 0.925. The van der Waals surface area contributed by atoms with Crippen molar-refractivity contribution in [2.24, 2.45) is 0 Å². The van der Waals surface area contributed by atoms with E-state index in [9.17, 15) is 0 Å². The molecule has 0 saturated carbocycles. The Morgan fingerprint density at radius 1 is 0.203 bits per heavy atom. The molecule has 0 aliphatic carbocycles. The van der Waals surface area contributed by atoms with E-state index in [0.29, 0.717) is 11.4 Å². The monoisotopic (exact) mass is 878 g/mol. The second-order valence-electron chi connectivity index (χ2n) is 17.8. The third-order valence-corrected chi connectivity index (χ3v) is 13.7. The molecule has 13 aromatic rings. The summed E-state index contributed by atoms with van der Waals surface area (Å²) in [4.78, 5) is 0. The molecular formula is C66H42N2O. The second-order valence-corrected chi connectivity index (χ2v) is 17.8. The number of fused-ring (bicyclic) bond motifs is 4. The topological polar surface area (TPSA) is 38.9 Å². The zero-order valence-corrected chi connectivity index (χ0v) is 37.6. The summed E-state index contributed by atoms with van der Waals surface area (Å²) in [5.74, 6) is 0. The van der Waals surface area contributed by atoms with E-state index < -0.39 is 0 Å². The van der Waals surface area contributed by atoms with E-state index in [1.807, 2.05) is 0 Å². The van der Waals surface area contributed by atoms with Crippen molar-refractivity contribution < 1.29 is 4.63 Å². The molecule has 0 unspecified atom stereocenters. The third-order valence-electron chi connectivity index (χ3n) is 13.7. The lowest BCUT2D eigenvalue weighted by molar-refractivity contribution is 0.310. The zero-order valence-electron chi connectivity index (χ0n) is 37.6. The maximum Gasteiger partial charge on any atom is 0.143 e. The summed E-state index contributed by atoms with van der Waals surface area (Å²) < 4.78 is 5.62. The SMILES string of the molecule is c1cc(-c2cc(-c3cccc4ccccc34)cc(-c3cccc4ccccc34)c2)cc(-c2nonc2-c2cccc(-c3cc(-c4cccc5ccccc45)cc(-c4cccc5ccccc45)c3)c2)c1. The first-order valence-electron chi connectivity index (χ1n) is 23.5. The molecule has 0 amide bonds. The number of nitrogens with zero attached hydrogens (tertiary/aromatic N) is 2. The van der Waals surface area contributed by atoms with Crippen LogP contribution in [0.25, 0.3) is 132 Å². The van der Waals surface area contributed by atoms with Crippen LogP contribution in [0.5, 0.6) is 0 Å². The minimum atomic E-state index is 0.689. The average molecular weight is 879 g/mol. The summed E-state index contributed by atoms with van der Waals surface area (Å²) in [5, 5.41) is 18.9. The summed E-state index contributed by atoms with van der Waals surface area (Å²) in [6, 6.07) is 92.0. The Kier molecular flexibility index (Phi) is 9.84. The number of benzene rings is 12. The smallest absolute Gasteiger partial charge is 0.143 e. The van der Waals surface area contributed by atoms with Gasteiger partial charge in [-0.1, -0.05) is 206 Å². The summed E-state index contributed by atoms with van der Waals surface area (Å²) in [5.41, 5.74) is 17.0. The quantitative estimate of drug-likeness (QED) is 0.153. The molecule has 0 aliphatic rings. The molecule has 12 aromatic carbocycles. The van der Waals surface area contributed by atoms with E-state index in [4.69, 9.17) is 4.63 Å². The number of hydrogen-bond acceptors (Lipinski definition) is 3. The largest absolute Gasteiger partial charge is 0.243 e. The van der Waals surface area contributed by atoms with Gasteiger partial charge in [-0.3, -0.25) is 0 Å². The molecule has 0 radical (unpaired) electrons. The number of hydrogen-bond donors (Lipinski definition) is 0. The standard InChI is InChI=1S/C66H42N2O/c1-5-27-57-43(15-1)19-11-31-61(57)53-37-51(38-54(41-53)62-32-12-20-44-16-2-6-28-58(44)62)47-23-9-25-49(35-47)65-66(68-69-67-65)50-26-10-24-48(36-50)52-39-55(63-33-13-21-45-17-3-7-29-59(45)63)42-56(40-52)64-34-14-22-46-18-4-8-30-60(46)64/h1-42H. The van der Waals surface area contributed by atoms with E-state index >= 15 is 0 Å². The predicted molar refractivity (Wildman–Crippen MR) is 288 cm³/mol. The van der Waals surface area contributed by atoms with E-state index in [2.05, 4.69) is 265 Å². The van der Waals surface area contributed by atoms with Crippen molar-refractivity contribution in [2.45, 2.75) is 0 Å². The van der Waals surface area contributed by atoms with Gasteiger partial charge in [0.05, 0.1) is 0 Å². The van der Waals surface area contributed by atoms with Crippen LogP contribution in [0.2, 0.25) is 0 Å². The van der Waals surface area contributed by atoms with E-state index in [1.54, 1.807) is 0 Å². The van der Waals surface area contributed by atoms with E-state index in [0.717, 1.165) is 55.6 Å². The van der Waals surface area contributed by atoms with Gasteiger partial charge in [-0.2, -0.15) is 0 Å². The summed E-state index contributed by atoms with van der Waals surface area (Å²) in [6.07, 6.45) is 0. The fourth-order valence-electron chi connectivity index (χ4n) is 10.4. The Bertz CT molecular complexity index is 3620. The van der Waals surface area contributed by atoms with Crippen molar-refractivity contribution in [1.29, 1.82) is 0 Å². The van der Waals surface area contributed by atoms with Crippen molar-refractivity contribution in [2.75, 3.05) is 0 Å². The highest BCUT2D eigenvalue weighted by Gasteiger charge is 2.19. The molecule has 0 spiro atoms. The van der Waals surface area contributed by atoms with Gasteiger partial charge in [0.15, 0.2) is 0 Å². The van der Waals surface area contributed by atoms with Gasteiger partial charge >= 0.3 is 0 Å². The molecule has 0 aliphatic heterocycles. The summed E-state index contributed by atoms with van der Waals surface area (Å²) in [6.45, 7) is 0. The number of aromatic nitrogens is 2. The van der Waals surface area contributed by atoms with E-state index in [1.165, 1.54) is 65.3 Å². The normalized spacial score (nSPS) is 11.5. The molecule has 322 valence electrons. The van der Waals surface area contributed by atoms with Crippen molar-refractivity contribution in [1.82, 2.24) is 10.3 Å². The molecule has 0 N–H and O–H groups in total. The average Bonchev–Trinajstić information content (AvgIpc) is 3.93. The van der Waals surface area contributed by atoms with Gasteiger partial charge in [-0.15, -0.1) is 0 Å². The first-order chi connectivity index (χ1) is 34.2. The molecule has 1 heterocycles. The molecular weight excluding hydrogens is 837 g/mol. The van der Waals surface area contributed by atoms with Gasteiger partial charge in [-0.05, 0) is 169 Å². The highest BCUT2D eigenvalue weighted by Crippen LogP contribution is 2.42. The molecule has 0 fully saturated rings. The Morgan fingerprint density at radius 2 is 0.449 bits per heavy atom. The highest BCUT2D eigenvalue weighted by atomic mass is 16.6. The van der Waals surface area contributed by atoms with Gasteiger partial charge in [0.25, 0.3) is 0 Å². The molecule has 3 heteroatoms. The van der Waals surface area contributed by atoms with Crippen LogP contribution >= 0.6 is 0 Å². The third kappa shape index (κ3) is 7.34. The van der Waals surface area contributed by atoms with Gasteiger partial charge in [0, 0.05) is 11.1 Å². The minimum Gasteiger partial charge on any atom is -0.243 e. The van der Waals surface area contributed by atoms with Crippen LogP contribution in [0.3, 0.4) is 0 Å². The molecule has 1 aromatic heterocycles. The first-order valence-corrected chi connectivity index (χ1v) is 23.5. The lowest BCUT2D eigenvalue weighted by Crippen LogP contribution is -1.90. The van der Waals surface area contributed by atoms with E-state index in [-0.39, 0.29) is 0 Å². The zero-order chi connectivity index (χ0) is 45.7. The van der Waals surface area contributed by atoms with Gasteiger partial charge in [0.2, 0.25) is 0 Å². The van der Waals surface area contributed by atoms with Crippen LogP contribution in [-0.4, -0.2) is 10.3 Å². The minimum absolute atomic E-state index is 0.689. The Morgan fingerprint density at radius 3 is 0.783 bits per heavy atom. The van der Waals surface area contributed by atoms with Gasteiger partial charge in [-0.25, -0.2) is 4.63 Å². The van der Waals surface area contributed by atoms with Crippen LogP contribution < -0.4 is 0 Å². The van der Waals surface area contributed by atoms with Crippen LogP contribution in [0.15, 0.2) is 259 Å². The molecule has 13 rings (SSSR count). The van der Waals surface area contributed by atoms with Crippen LogP contribution in [0, 0.1) is 0 Å². The van der Waals surface area contributed by atoms with Crippen molar-refractivity contribution in [3.63, 3.8) is 0 Å². The summed E-state index contributed by atoms with van der Waals surface area (Å²) in [7, 11) is 0. The van der Waals surface area contributed by atoms with Gasteiger partial charge in [0.1, 0.15) is 11.4 Å². The lowest BCUT2D eigenvalue weighted by atomic mass is 9.89. The first kappa shape index (κ1) is 40.1. The maximum absolute atomic E-state index is 5.62. The molecule has 0 saturated heterocycles. The van der Waals surface area contributed by atoms with Crippen molar-refractivity contribution in [3.8, 4) is 89.3 Å². The molecule has 0 atom stereocenters. The highest BCUT2D eigenvalue weighted by molar-refractivity contribution is 6.03. The van der Waals surface area contributed by atoms with Crippen LogP contribution in [-0.2, 0) is 0 Å². The fraction of sp³-hybridized carbons (Fsp3) is 0. The Labute approximate surface area is 400 Å². The molecule has 0 bridgehead atoms. The second kappa shape index (κ2) is 16.9. The number of rotatable bonds is 8. The van der Waals surface area contributed by atoms with Crippen molar-refractivity contribution in [3.05, 3.63) is 255 Å². The van der Waals surface area contributed by atoms with Crippen LogP contribution in [0.1, 0.15) is 0 Å². The fourth-order valence-corrected chi connectivity index (χ4v) is 10.4. The predicted octanol–water partition coefficient (Wildman–Crippen LogP) is 18.0. The summed E-state index contributed by atoms with van der Waals surface area (Å²) >= 11 is 0. The Hall–Kier alpha value is -9.18. The van der Waals surface area contributed by atoms with Crippen LogP contribution in [0.4, 0.5) is 0 Å². The maximum atomic E-state index is 5.62. The lowest BCUT2D eigenvalue weighted by Gasteiger charge is -2.15. The van der Waals surface area contributed by atoms with Crippen molar-refractivity contribution >= 4 is 43.1 Å². The molecule has 69 heavy (non-hydrogen) atoms.